The Hall–Kier alpha value is -1.84. The Kier molecular flexibility index (Phi) is 6.78. The molecule has 112 valence electrons. The number of para-hydroxylation sites is 1. The predicted octanol–water partition coefficient (Wildman–Crippen LogP) is 3.39. The fraction of sp³-hybridized carbons (Fsp3) is 0.333. The van der Waals surface area contributed by atoms with E-state index in [-0.39, 0.29) is 0 Å². The zero-order valence-corrected chi connectivity index (χ0v) is 12.5. The van der Waals surface area contributed by atoms with Gasteiger partial charge in [0.05, 0.1) is 13.2 Å². The summed E-state index contributed by atoms with van der Waals surface area (Å²) in [5, 5.41) is 3.45. The molecule has 0 aliphatic rings. The van der Waals surface area contributed by atoms with E-state index < -0.39 is 0 Å². The molecule has 2 rings (SSSR count). The number of rotatable bonds is 9. The zero-order valence-electron chi connectivity index (χ0n) is 12.5. The lowest BCUT2D eigenvalue weighted by Crippen LogP contribution is -2.18. The Morgan fingerprint density at radius 3 is 2.38 bits per heavy atom. The number of hydrogen-bond donors (Lipinski definition) is 1. The van der Waals surface area contributed by atoms with E-state index >= 15 is 0 Å². The lowest BCUT2D eigenvalue weighted by atomic mass is 10.1. The van der Waals surface area contributed by atoms with Gasteiger partial charge in [0.25, 0.3) is 0 Å². The predicted molar refractivity (Wildman–Crippen MR) is 85.4 cm³/mol. The molecule has 0 fully saturated rings. The summed E-state index contributed by atoms with van der Waals surface area (Å²) in [5.74, 6) is 0.933. The monoisotopic (exact) mass is 285 g/mol. The topological polar surface area (TPSA) is 30.5 Å². The molecule has 3 nitrogen and oxygen atoms in total. The zero-order chi connectivity index (χ0) is 14.8. The van der Waals surface area contributed by atoms with Gasteiger partial charge in [0.1, 0.15) is 5.75 Å². The highest BCUT2D eigenvalue weighted by molar-refractivity contribution is 5.26. The maximum atomic E-state index is 5.66. The fourth-order valence-electron chi connectivity index (χ4n) is 2.15. The van der Waals surface area contributed by atoms with Crippen LogP contribution in [0.3, 0.4) is 0 Å². The highest BCUT2D eigenvalue weighted by Gasteiger charge is 2.00. The van der Waals surface area contributed by atoms with E-state index in [1.807, 2.05) is 36.4 Å². The second kappa shape index (κ2) is 9.16. The van der Waals surface area contributed by atoms with Gasteiger partial charge in [-0.2, -0.15) is 0 Å². The number of methoxy groups -OCH3 is 1. The van der Waals surface area contributed by atoms with Crippen LogP contribution in [0, 0.1) is 0 Å². The number of nitrogens with one attached hydrogen (secondary N) is 1. The summed E-state index contributed by atoms with van der Waals surface area (Å²) in [4.78, 5) is 0. The molecule has 0 aliphatic heterocycles. The van der Waals surface area contributed by atoms with Crippen molar-refractivity contribution < 1.29 is 9.47 Å². The third kappa shape index (κ3) is 5.58. The second-order valence-electron chi connectivity index (χ2n) is 4.89. The van der Waals surface area contributed by atoms with Crippen molar-refractivity contribution in [2.24, 2.45) is 0 Å². The maximum absolute atomic E-state index is 5.66. The fourth-order valence-corrected chi connectivity index (χ4v) is 2.15. The van der Waals surface area contributed by atoms with Crippen molar-refractivity contribution in [3.8, 4) is 5.75 Å². The minimum absolute atomic E-state index is 0.662. The summed E-state index contributed by atoms with van der Waals surface area (Å²) in [5.41, 5.74) is 2.54. The second-order valence-corrected chi connectivity index (χ2v) is 4.89. The highest BCUT2D eigenvalue weighted by atomic mass is 16.5. The van der Waals surface area contributed by atoms with Crippen LogP contribution in [0.2, 0.25) is 0 Å². The summed E-state index contributed by atoms with van der Waals surface area (Å²) >= 11 is 0. The van der Waals surface area contributed by atoms with Crippen LogP contribution in [-0.2, 0) is 17.9 Å². The van der Waals surface area contributed by atoms with Gasteiger partial charge in [0, 0.05) is 13.7 Å². The van der Waals surface area contributed by atoms with Crippen molar-refractivity contribution in [1.29, 1.82) is 0 Å². The molecule has 0 saturated heterocycles. The first-order valence-electron chi connectivity index (χ1n) is 7.34. The van der Waals surface area contributed by atoms with Gasteiger partial charge in [-0.25, -0.2) is 0 Å². The lowest BCUT2D eigenvalue weighted by molar-refractivity contribution is 0.184. The SMILES string of the molecule is COCc1ccccc1CNCCCOc1ccccc1. The molecule has 3 heteroatoms. The van der Waals surface area contributed by atoms with Crippen LogP contribution in [0.5, 0.6) is 5.75 Å². The van der Waals surface area contributed by atoms with Gasteiger partial charge in [0.15, 0.2) is 0 Å². The lowest BCUT2D eigenvalue weighted by Gasteiger charge is -2.10. The van der Waals surface area contributed by atoms with E-state index in [1.165, 1.54) is 11.1 Å². The molecule has 0 bridgehead atoms. The van der Waals surface area contributed by atoms with E-state index in [1.54, 1.807) is 7.11 Å². The molecule has 0 unspecified atom stereocenters. The number of benzene rings is 2. The molecule has 2 aromatic carbocycles. The minimum atomic E-state index is 0.662. The average molecular weight is 285 g/mol. The molecule has 0 aliphatic carbocycles. The maximum Gasteiger partial charge on any atom is 0.119 e. The van der Waals surface area contributed by atoms with Crippen LogP contribution in [0.1, 0.15) is 17.5 Å². The van der Waals surface area contributed by atoms with E-state index in [2.05, 4.69) is 23.5 Å². The summed E-state index contributed by atoms with van der Waals surface area (Å²) < 4.78 is 10.9. The largest absolute Gasteiger partial charge is 0.494 e. The van der Waals surface area contributed by atoms with Crippen molar-refractivity contribution in [1.82, 2.24) is 5.32 Å². The van der Waals surface area contributed by atoms with Gasteiger partial charge in [-0.1, -0.05) is 42.5 Å². The Morgan fingerprint density at radius 1 is 0.905 bits per heavy atom. The van der Waals surface area contributed by atoms with E-state index in [9.17, 15) is 0 Å². The summed E-state index contributed by atoms with van der Waals surface area (Å²) in [6.07, 6.45) is 0.987. The van der Waals surface area contributed by atoms with Gasteiger partial charge in [-0.3, -0.25) is 0 Å². The molecular weight excluding hydrogens is 262 g/mol. The Morgan fingerprint density at radius 2 is 1.62 bits per heavy atom. The van der Waals surface area contributed by atoms with Crippen LogP contribution < -0.4 is 10.1 Å². The summed E-state index contributed by atoms with van der Waals surface area (Å²) in [6, 6.07) is 18.3. The minimum Gasteiger partial charge on any atom is -0.494 e. The molecular formula is C18H23NO2. The summed E-state index contributed by atoms with van der Waals surface area (Å²) in [6.45, 7) is 3.20. The van der Waals surface area contributed by atoms with Crippen molar-refractivity contribution in [2.45, 2.75) is 19.6 Å². The van der Waals surface area contributed by atoms with Gasteiger partial charge in [-0.15, -0.1) is 0 Å². The molecule has 0 radical (unpaired) electrons. The van der Waals surface area contributed by atoms with Crippen molar-refractivity contribution in [3.05, 3.63) is 65.7 Å². The molecule has 0 aromatic heterocycles. The Labute approximate surface area is 126 Å². The molecule has 0 amide bonds. The summed E-state index contributed by atoms with van der Waals surface area (Å²) in [7, 11) is 1.73. The van der Waals surface area contributed by atoms with Gasteiger partial charge >= 0.3 is 0 Å². The van der Waals surface area contributed by atoms with Crippen LogP contribution in [0.25, 0.3) is 0 Å². The first-order chi connectivity index (χ1) is 10.4. The Bertz CT molecular complexity index is 514. The molecule has 0 heterocycles. The van der Waals surface area contributed by atoms with Gasteiger partial charge < -0.3 is 14.8 Å². The molecule has 2 aromatic rings. The van der Waals surface area contributed by atoms with Gasteiger partial charge in [0.2, 0.25) is 0 Å². The van der Waals surface area contributed by atoms with Crippen molar-refractivity contribution >= 4 is 0 Å². The first-order valence-corrected chi connectivity index (χ1v) is 7.34. The van der Waals surface area contributed by atoms with Crippen LogP contribution in [0.15, 0.2) is 54.6 Å². The van der Waals surface area contributed by atoms with Crippen molar-refractivity contribution in [3.63, 3.8) is 0 Å². The van der Waals surface area contributed by atoms with Gasteiger partial charge in [-0.05, 0) is 36.2 Å². The standard InChI is InChI=1S/C18H23NO2/c1-20-15-17-9-6-5-8-16(17)14-19-12-7-13-21-18-10-3-2-4-11-18/h2-6,8-11,19H,7,12-15H2,1H3. The average Bonchev–Trinajstić information content (AvgIpc) is 2.53. The smallest absolute Gasteiger partial charge is 0.119 e. The van der Waals surface area contributed by atoms with Crippen LogP contribution in [0.4, 0.5) is 0 Å². The van der Waals surface area contributed by atoms with Crippen LogP contribution >= 0.6 is 0 Å². The molecule has 21 heavy (non-hydrogen) atoms. The number of ether oxygens (including phenoxy) is 2. The molecule has 0 spiro atoms. The Balaban J connectivity index is 1.64. The quantitative estimate of drug-likeness (QED) is 0.716. The third-order valence-electron chi connectivity index (χ3n) is 3.24. The van der Waals surface area contributed by atoms with Crippen LogP contribution in [-0.4, -0.2) is 20.3 Å². The van der Waals surface area contributed by atoms with E-state index in [0.717, 1.165) is 31.9 Å². The molecule has 0 saturated carbocycles. The van der Waals surface area contributed by atoms with E-state index in [4.69, 9.17) is 9.47 Å². The first kappa shape index (κ1) is 15.5. The molecule has 0 atom stereocenters. The molecule has 1 N–H and O–H groups in total. The van der Waals surface area contributed by atoms with Crippen molar-refractivity contribution in [2.75, 3.05) is 20.3 Å². The normalized spacial score (nSPS) is 10.5. The highest BCUT2D eigenvalue weighted by Crippen LogP contribution is 2.10. The van der Waals surface area contributed by atoms with E-state index in [0.29, 0.717) is 6.61 Å². The number of hydrogen-bond acceptors (Lipinski definition) is 3. The third-order valence-corrected chi connectivity index (χ3v) is 3.24.